The van der Waals surface area contributed by atoms with E-state index in [-0.39, 0.29) is 0 Å². The molecular formula is C32H66. The highest BCUT2D eigenvalue weighted by Gasteiger charge is 2.06. The molecule has 0 saturated carbocycles. The lowest BCUT2D eigenvalue weighted by Crippen LogP contribution is -1.99. The molecule has 0 saturated heterocycles. The van der Waals surface area contributed by atoms with Gasteiger partial charge in [0, 0.05) is 0 Å². The van der Waals surface area contributed by atoms with Gasteiger partial charge < -0.3 is 0 Å². The van der Waals surface area contributed by atoms with Crippen molar-refractivity contribution >= 4 is 0 Å². The predicted molar refractivity (Wildman–Crippen MR) is 150 cm³/mol. The van der Waals surface area contributed by atoms with Crippen LogP contribution in [-0.2, 0) is 0 Å². The van der Waals surface area contributed by atoms with Crippen molar-refractivity contribution in [2.45, 2.75) is 195 Å². The molecule has 0 fully saturated rings. The number of hydrogen-bond donors (Lipinski definition) is 0. The minimum absolute atomic E-state index is 0.957. The van der Waals surface area contributed by atoms with E-state index in [0.717, 1.165) is 11.8 Å². The summed E-state index contributed by atoms with van der Waals surface area (Å²) in [5.41, 5.74) is 0. The molecule has 194 valence electrons. The second-order valence-corrected chi connectivity index (χ2v) is 11.4. The standard InChI is InChI=1S/C32H66/c1-5-7-9-11-13-14-15-16-17-18-19-21-23-25-28-32(4)30-26-29-31(3)27-24-22-20-12-10-8-6-2/h31-32H,5-30H2,1-4H3. The van der Waals surface area contributed by atoms with E-state index in [1.54, 1.807) is 0 Å². The molecule has 0 radical (unpaired) electrons. The zero-order chi connectivity index (χ0) is 23.5. The van der Waals surface area contributed by atoms with Crippen LogP contribution in [0, 0.1) is 11.8 Å². The molecule has 0 nitrogen and oxygen atoms in total. The maximum atomic E-state index is 2.50. The fraction of sp³-hybridized carbons (Fsp3) is 1.00. The molecular weight excluding hydrogens is 384 g/mol. The highest BCUT2D eigenvalue weighted by atomic mass is 14.1. The van der Waals surface area contributed by atoms with Gasteiger partial charge in [-0.3, -0.25) is 0 Å². The lowest BCUT2D eigenvalue weighted by Gasteiger charge is -2.14. The Morgan fingerprint density at radius 2 is 0.500 bits per heavy atom. The molecule has 0 aromatic rings. The fourth-order valence-corrected chi connectivity index (χ4v) is 5.24. The first-order valence-corrected chi connectivity index (χ1v) is 15.7. The molecule has 0 aromatic heterocycles. The van der Waals surface area contributed by atoms with E-state index in [9.17, 15) is 0 Å². The summed E-state index contributed by atoms with van der Waals surface area (Å²) >= 11 is 0. The second-order valence-electron chi connectivity index (χ2n) is 11.4. The van der Waals surface area contributed by atoms with Gasteiger partial charge >= 0.3 is 0 Å². The quantitative estimate of drug-likeness (QED) is 0.109. The van der Waals surface area contributed by atoms with E-state index in [2.05, 4.69) is 27.7 Å². The summed E-state index contributed by atoms with van der Waals surface area (Å²) in [5, 5.41) is 0. The highest BCUT2D eigenvalue weighted by molar-refractivity contribution is 4.59. The molecule has 0 aliphatic carbocycles. The molecule has 0 bridgehead atoms. The Bertz CT molecular complexity index is 320. The third-order valence-electron chi connectivity index (χ3n) is 7.74. The zero-order valence-corrected chi connectivity index (χ0v) is 23.5. The van der Waals surface area contributed by atoms with E-state index in [1.807, 2.05) is 0 Å². The van der Waals surface area contributed by atoms with Crippen molar-refractivity contribution in [2.75, 3.05) is 0 Å². The summed E-state index contributed by atoms with van der Waals surface area (Å²) in [5.74, 6) is 1.91. The summed E-state index contributed by atoms with van der Waals surface area (Å²) in [6, 6.07) is 0. The normalized spacial score (nSPS) is 13.5. The van der Waals surface area contributed by atoms with Crippen molar-refractivity contribution in [3.63, 3.8) is 0 Å². The van der Waals surface area contributed by atoms with Gasteiger partial charge in [0.2, 0.25) is 0 Å². The molecule has 0 spiro atoms. The number of unbranched alkanes of at least 4 members (excludes halogenated alkanes) is 19. The Morgan fingerprint density at radius 1 is 0.281 bits per heavy atom. The van der Waals surface area contributed by atoms with Gasteiger partial charge in [-0.05, 0) is 11.8 Å². The highest BCUT2D eigenvalue weighted by Crippen LogP contribution is 2.22. The molecule has 32 heavy (non-hydrogen) atoms. The van der Waals surface area contributed by atoms with Crippen LogP contribution < -0.4 is 0 Å². The third kappa shape index (κ3) is 26.3. The van der Waals surface area contributed by atoms with Crippen LogP contribution in [0.25, 0.3) is 0 Å². The summed E-state index contributed by atoms with van der Waals surface area (Å²) in [6.07, 6.45) is 38.1. The fourth-order valence-electron chi connectivity index (χ4n) is 5.24. The third-order valence-corrected chi connectivity index (χ3v) is 7.74. The molecule has 0 aromatic carbocycles. The van der Waals surface area contributed by atoms with Crippen molar-refractivity contribution < 1.29 is 0 Å². The average Bonchev–Trinajstić information content (AvgIpc) is 2.78. The summed E-state index contributed by atoms with van der Waals surface area (Å²) in [7, 11) is 0. The first-order chi connectivity index (χ1) is 15.7. The van der Waals surface area contributed by atoms with Crippen molar-refractivity contribution in [3.05, 3.63) is 0 Å². The van der Waals surface area contributed by atoms with Gasteiger partial charge in [0.15, 0.2) is 0 Å². The maximum Gasteiger partial charge on any atom is -0.0443 e. The van der Waals surface area contributed by atoms with Gasteiger partial charge in [0.05, 0.1) is 0 Å². The topological polar surface area (TPSA) is 0 Å². The van der Waals surface area contributed by atoms with Crippen molar-refractivity contribution in [2.24, 2.45) is 11.8 Å². The number of hydrogen-bond acceptors (Lipinski definition) is 0. The Morgan fingerprint density at radius 3 is 0.781 bits per heavy atom. The van der Waals surface area contributed by atoms with Crippen molar-refractivity contribution in [1.82, 2.24) is 0 Å². The monoisotopic (exact) mass is 451 g/mol. The Kier molecular flexibility index (Phi) is 27.2. The van der Waals surface area contributed by atoms with E-state index in [1.165, 1.54) is 167 Å². The molecule has 0 N–H and O–H groups in total. The Labute approximate surface area is 206 Å². The summed E-state index contributed by atoms with van der Waals surface area (Å²) in [4.78, 5) is 0. The summed E-state index contributed by atoms with van der Waals surface area (Å²) < 4.78 is 0. The minimum Gasteiger partial charge on any atom is -0.0654 e. The number of rotatable bonds is 27. The zero-order valence-electron chi connectivity index (χ0n) is 23.5. The van der Waals surface area contributed by atoms with Gasteiger partial charge in [-0.25, -0.2) is 0 Å². The molecule has 0 heterocycles. The smallest absolute Gasteiger partial charge is 0.0443 e. The van der Waals surface area contributed by atoms with Crippen LogP contribution >= 0.6 is 0 Å². The summed E-state index contributed by atoms with van der Waals surface area (Å²) in [6.45, 7) is 9.61. The molecule has 0 amide bonds. The van der Waals surface area contributed by atoms with Crippen LogP contribution in [0.5, 0.6) is 0 Å². The molecule has 0 aliphatic rings. The molecule has 0 heteroatoms. The van der Waals surface area contributed by atoms with Gasteiger partial charge in [0.1, 0.15) is 0 Å². The second kappa shape index (κ2) is 27.2. The van der Waals surface area contributed by atoms with E-state index < -0.39 is 0 Å². The van der Waals surface area contributed by atoms with E-state index >= 15 is 0 Å². The molecule has 0 rings (SSSR count). The van der Waals surface area contributed by atoms with Crippen molar-refractivity contribution in [1.29, 1.82) is 0 Å². The van der Waals surface area contributed by atoms with Gasteiger partial charge in [-0.1, -0.05) is 195 Å². The van der Waals surface area contributed by atoms with Crippen LogP contribution in [0.3, 0.4) is 0 Å². The molecule has 2 atom stereocenters. The van der Waals surface area contributed by atoms with Crippen LogP contribution in [0.1, 0.15) is 195 Å². The van der Waals surface area contributed by atoms with E-state index in [4.69, 9.17) is 0 Å². The lowest BCUT2D eigenvalue weighted by atomic mass is 9.92. The van der Waals surface area contributed by atoms with Crippen molar-refractivity contribution in [3.8, 4) is 0 Å². The predicted octanol–water partition coefficient (Wildman–Crippen LogP) is 12.4. The van der Waals surface area contributed by atoms with Crippen LogP contribution in [0.2, 0.25) is 0 Å². The molecule has 2 unspecified atom stereocenters. The van der Waals surface area contributed by atoms with Gasteiger partial charge in [0.25, 0.3) is 0 Å². The lowest BCUT2D eigenvalue weighted by molar-refractivity contribution is 0.390. The Balaban J connectivity index is 3.25. The first-order valence-electron chi connectivity index (χ1n) is 15.7. The van der Waals surface area contributed by atoms with E-state index in [0.29, 0.717) is 0 Å². The SMILES string of the molecule is CCCCCCCCCCCCCCCCC(C)CCCC(C)CCCCCCCCC. The Hall–Kier alpha value is 0. The van der Waals surface area contributed by atoms with Crippen LogP contribution in [-0.4, -0.2) is 0 Å². The van der Waals surface area contributed by atoms with Gasteiger partial charge in [-0.15, -0.1) is 0 Å². The van der Waals surface area contributed by atoms with Crippen LogP contribution in [0.4, 0.5) is 0 Å². The maximum absolute atomic E-state index is 2.50. The van der Waals surface area contributed by atoms with Crippen LogP contribution in [0.15, 0.2) is 0 Å². The largest absolute Gasteiger partial charge is 0.0654 e. The first kappa shape index (κ1) is 32.0. The average molecular weight is 451 g/mol. The molecule has 0 aliphatic heterocycles. The van der Waals surface area contributed by atoms with Gasteiger partial charge in [-0.2, -0.15) is 0 Å². The minimum atomic E-state index is 0.957.